The lowest BCUT2D eigenvalue weighted by Gasteiger charge is -2.13. The van der Waals surface area contributed by atoms with Gasteiger partial charge >= 0.3 is 0 Å². The van der Waals surface area contributed by atoms with Gasteiger partial charge in [-0.2, -0.15) is 0 Å². The Bertz CT molecular complexity index is 130. The van der Waals surface area contributed by atoms with Gasteiger partial charge in [0.05, 0.1) is 0 Å². The summed E-state index contributed by atoms with van der Waals surface area (Å²) in [5, 5.41) is 0. The molecule has 0 bridgehead atoms. The molecule has 0 aliphatic rings. The summed E-state index contributed by atoms with van der Waals surface area (Å²) in [6.45, 7) is 6.17. The molecule has 0 aliphatic carbocycles. The topological polar surface area (TPSA) is 26.3 Å². The Morgan fingerprint density at radius 3 is 2.33 bits per heavy atom. The molecule has 0 aliphatic heterocycles. The lowest BCUT2D eigenvalue weighted by Crippen LogP contribution is -2.23. The molecule has 0 heterocycles. The van der Waals surface area contributed by atoms with Crippen molar-refractivity contribution in [2.24, 2.45) is 5.92 Å². The van der Waals surface area contributed by atoms with E-state index < -0.39 is 0 Å². The average molecular weight is 172 g/mol. The van der Waals surface area contributed by atoms with Gasteiger partial charge in [-0.15, -0.1) is 0 Å². The van der Waals surface area contributed by atoms with Crippen molar-refractivity contribution in [3.8, 4) is 0 Å². The van der Waals surface area contributed by atoms with Crippen LogP contribution in [0.4, 0.5) is 0 Å². The van der Waals surface area contributed by atoms with E-state index in [0.717, 1.165) is 12.8 Å². The zero-order valence-corrected chi connectivity index (χ0v) is 8.59. The highest BCUT2D eigenvalue weighted by atomic mass is 16.5. The molecular weight excluding hydrogens is 152 g/mol. The number of Topliss-reactive ketones (excluding diaryl/α,β-unsaturated/α-hetero) is 1. The maximum atomic E-state index is 11.4. The molecular formula is C10H20O2. The van der Waals surface area contributed by atoms with Crippen molar-refractivity contribution in [2.75, 3.05) is 7.11 Å². The van der Waals surface area contributed by atoms with Crippen molar-refractivity contribution < 1.29 is 9.53 Å². The van der Waals surface area contributed by atoms with E-state index in [9.17, 15) is 4.79 Å². The smallest absolute Gasteiger partial charge is 0.161 e. The summed E-state index contributed by atoms with van der Waals surface area (Å²) in [5.41, 5.74) is 0. The summed E-state index contributed by atoms with van der Waals surface area (Å²) in [4.78, 5) is 11.4. The predicted octanol–water partition coefficient (Wildman–Crippen LogP) is 2.42. The molecule has 12 heavy (non-hydrogen) atoms. The number of ketones is 1. The Balaban J connectivity index is 3.85. The number of carbonyl (C=O) groups is 1. The summed E-state index contributed by atoms with van der Waals surface area (Å²) < 4.78 is 5.10. The largest absolute Gasteiger partial charge is 0.374 e. The van der Waals surface area contributed by atoms with Crippen LogP contribution in [0.25, 0.3) is 0 Å². The summed E-state index contributed by atoms with van der Waals surface area (Å²) in [5.74, 6) is 0.682. The maximum Gasteiger partial charge on any atom is 0.161 e. The molecule has 72 valence electrons. The fourth-order valence-corrected chi connectivity index (χ4v) is 1.21. The summed E-state index contributed by atoms with van der Waals surface area (Å²) >= 11 is 0. The van der Waals surface area contributed by atoms with Crippen LogP contribution in [0.15, 0.2) is 0 Å². The average Bonchev–Trinajstić information content (AvgIpc) is 1.98. The van der Waals surface area contributed by atoms with Crippen molar-refractivity contribution in [1.82, 2.24) is 0 Å². The molecule has 1 atom stereocenters. The molecule has 0 amide bonds. The monoisotopic (exact) mass is 172 g/mol. The fourth-order valence-electron chi connectivity index (χ4n) is 1.21. The number of carbonyl (C=O) groups excluding carboxylic acids is 1. The Morgan fingerprint density at radius 2 is 2.00 bits per heavy atom. The van der Waals surface area contributed by atoms with E-state index in [1.807, 2.05) is 0 Å². The Morgan fingerprint density at radius 1 is 1.42 bits per heavy atom. The molecule has 0 N–H and O–H groups in total. The minimum atomic E-state index is -0.169. The summed E-state index contributed by atoms with van der Waals surface area (Å²) in [6, 6.07) is 0. The molecule has 0 fully saturated rings. The third-order valence-electron chi connectivity index (χ3n) is 1.80. The second-order valence-corrected chi connectivity index (χ2v) is 3.58. The maximum absolute atomic E-state index is 11.4. The minimum Gasteiger partial charge on any atom is -0.374 e. The molecule has 2 heteroatoms. The fraction of sp³-hybridized carbons (Fsp3) is 0.900. The highest BCUT2D eigenvalue weighted by Gasteiger charge is 2.16. The molecule has 0 rings (SSSR count). The van der Waals surface area contributed by atoms with Crippen molar-refractivity contribution in [3.63, 3.8) is 0 Å². The highest BCUT2D eigenvalue weighted by Crippen LogP contribution is 2.09. The molecule has 0 aromatic carbocycles. The quantitative estimate of drug-likeness (QED) is 0.615. The van der Waals surface area contributed by atoms with E-state index in [-0.39, 0.29) is 11.9 Å². The Kier molecular flexibility index (Phi) is 5.99. The van der Waals surface area contributed by atoms with Gasteiger partial charge in [-0.25, -0.2) is 0 Å². The predicted molar refractivity (Wildman–Crippen MR) is 50.2 cm³/mol. The number of rotatable bonds is 6. The second-order valence-electron chi connectivity index (χ2n) is 3.58. The van der Waals surface area contributed by atoms with E-state index in [2.05, 4.69) is 20.8 Å². The molecule has 0 saturated heterocycles. The number of hydrogen-bond donors (Lipinski definition) is 0. The van der Waals surface area contributed by atoms with E-state index in [4.69, 9.17) is 4.74 Å². The zero-order valence-electron chi connectivity index (χ0n) is 8.59. The van der Waals surface area contributed by atoms with Crippen molar-refractivity contribution in [2.45, 2.75) is 46.1 Å². The first-order valence-electron chi connectivity index (χ1n) is 4.67. The SMILES string of the molecule is CCCC(OC)C(=O)CC(C)C. The van der Waals surface area contributed by atoms with Crippen molar-refractivity contribution in [3.05, 3.63) is 0 Å². The minimum absolute atomic E-state index is 0.169. The van der Waals surface area contributed by atoms with Gasteiger partial charge in [0, 0.05) is 13.5 Å². The van der Waals surface area contributed by atoms with Crippen LogP contribution < -0.4 is 0 Å². The first-order valence-corrected chi connectivity index (χ1v) is 4.67. The second kappa shape index (κ2) is 6.18. The van der Waals surface area contributed by atoms with Crippen LogP contribution in [0.2, 0.25) is 0 Å². The third-order valence-corrected chi connectivity index (χ3v) is 1.80. The summed E-state index contributed by atoms with van der Waals surface area (Å²) in [7, 11) is 1.61. The third kappa shape index (κ3) is 4.50. The van der Waals surface area contributed by atoms with Gasteiger partial charge in [-0.1, -0.05) is 27.2 Å². The van der Waals surface area contributed by atoms with Gasteiger partial charge in [0.25, 0.3) is 0 Å². The molecule has 2 nitrogen and oxygen atoms in total. The molecule has 0 aromatic rings. The summed E-state index contributed by atoms with van der Waals surface area (Å²) in [6.07, 6.45) is 2.32. The van der Waals surface area contributed by atoms with Crippen molar-refractivity contribution in [1.29, 1.82) is 0 Å². The van der Waals surface area contributed by atoms with Gasteiger partial charge in [0.2, 0.25) is 0 Å². The van der Waals surface area contributed by atoms with E-state index in [0.29, 0.717) is 12.3 Å². The molecule has 0 radical (unpaired) electrons. The zero-order chi connectivity index (χ0) is 9.56. The van der Waals surface area contributed by atoms with Gasteiger partial charge in [-0.05, 0) is 12.3 Å². The Hall–Kier alpha value is -0.370. The van der Waals surface area contributed by atoms with Crippen LogP contribution in [0.3, 0.4) is 0 Å². The number of hydrogen-bond acceptors (Lipinski definition) is 2. The standard InChI is InChI=1S/C10H20O2/c1-5-6-10(12-4)9(11)7-8(2)3/h8,10H,5-7H2,1-4H3. The molecule has 0 aromatic heterocycles. The van der Waals surface area contributed by atoms with Gasteiger partial charge in [0.15, 0.2) is 5.78 Å². The van der Waals surface area contributed by atoms with Crippen LogP contribution in [0.5, 0.6) is 0 Å². The molecule has 0 saturated carbocycles. The molecule has 1 unspecified atom stereocenters. The van der Waals surface area contributed by atoms with Crippen LogP contribution in [0, 0.1) is 5.92 Å². The normalized spacial score (nSPS) is 13.4. The number of methoxy groups -OCH3 is 1. The molecule has 0 spiro atoms. The first-order chi connectivity index (χ1) is 5.61. The van der Waals surface area contributed by atoms with Gasteiger partial charge in [0.1, 0.15) is 6.10 Å². The lowest BCUT2D eigenvalue weighted by molar-refractivity contribution is -0.129. The van der Waals surface area contributed by atoms with Crippen LogP contribution in [-0.4, -0.2) is 19.0 Å². The van der Waals surface area contributed by atoms with Gasteiger partial charge < -0.3 is 4.74 Å². The first kappa shape index (κ1) is 11.6. The van der Waals surface area contributed by atoms with E-state index in [1.54, 1.807) is 7.11 Å². The van der Waals surface area contributed by atoms with E-state index in [1.165, 1.54) is 0 Å². The van der Waals surface area contributed by atoms with Crippen molar-refractivity contribution >= 4 is 5.78 Å². The van der Waals surface area contributed by atoms with Crippen LogP contribution in [-0.2, 0) is 9.53 Å². The van der Waals surface area contributed by atoms with Crippen LogP contribution in [0.1, 0.15) is 40.0 Å². The number of ether oxygens (including phenoxy) is 1. The highest BCUT2D eigenvalue weighted by molar-refractivity contribution is 5.83. The Labute approximate surface area is 75.3 Å². The van der Waals surface area contributed by atoms with Gasteiger partial charge in [-0.3, -0.25) is 4.79 Å². The van der Waals surface area contributed by atoms with E-state index >= 15 is 0 Å². The lowest BCUT2D eigenvalue weighted by atomic mass is 10.0. The van der Waals surface area contributed by atoms with Crippen LogP contribution >= 0.6 is 0 Å².